The van der Waals surface area contributed by atoms with Gasteiger partial charge in [0.25, 0.3) is 0 Å². The number of guanidine groups is 1. The summed E-state index contributed by atoms with van der Waals surface area (Å²) in [4.78, 5) is 6.85. The molecule has 0 aliphatic rings. The van der Waals surface area contributed by atoms with Crippen molar-refractivity contribution in [1.82, 2.24) is 25.0 Å². The van der Waals surface area contributed by atoms with Gasteiger partial charge in [-0.3, -0.25) is 0 Å². The van der Waals surface area contributed by atoms with Gasteiger partial charge in [-0.1, -0.05) is 18.2 Å². The Balaban J connectivity index is 2.09. The van der Waals surface area contributed by atoms with E-state index in [0.717, 1.165) is 55.1 Å². The molecule has 8 nitrogen and oxygen atoms in total. The number of aromatic nitrogens is 3. The third-order valence-corrected chi connectivity index (χ3v) is 4.47. The number of aliphatic imine (C=N–C) groups is 1. The van der Waals surface area contributed by atoms with Crippen molar-refractivity contribution >= 4 is 5.96 Å². The van der Waals surface area contributed by atoms with Crippen molar-refractivity contribution in [3.8, 4) is 5.75 Å². The molecule has 1 aromatic heterocycles. The molecule has 0 saturated carbocycles. The van der Waals surface area contributed by atoms with Gasteiger partial charge in [0, 0.05) is 46.0 Å². The second kappa shape index (κ2) is 11.3. The van der Waals surface area contributed by atoms with Crippen LogP contribution < -0.4 is 10.1 Å². The van der Waals surface area contributed by atoms with Crippen LogP contribution in [0.25, 0.3) is 0 Å². The Morgan fingerprint density at radius 2 is 2.07 bits per heavy atom. The lowest BCUT2D eigenvalue weighted by Crippen LogP contribution is -2.39. The molecule has 1 aromatic carbocycles. The Morgan fingerprint density at radius 1 is 1.29 bits per heavy atom. The van der Waals surface area contributed by atoms with Crippen LogP contribution in [0.5, 0.6) is 5.75 Å². The number of methoxy groups -OCH3 is 1. The first-order valence-electron chi connectivity index (χ1n) is 9.60. The van der Waals surface area contributed by atoms with Gasteiger partial charge in [0.2, 0.25) is 0 Å². The van der Waals surface area contributed by atoms with Gasteiger partial charge in [-0.2, -0.15) is 0 Å². The quantitative estimate of drug-likeness (QED) is 0.382. The minimum Gasteiger partial charge on any atom is -0.496 e. The van der Waals surface area contributed by atoms with E-state index in [0.29, 0.717) is 13.1 Å². The van der Waals surface area contributed by atoms with Crippen LogP contribution >= 0.6 is 0 Å². The van der Waals surface area contributed by atoms with Crippen molar-refractivity contribution < 1.29 is 9.47 Å². The van der Waals surface area contributed by atoms with E-state index in [1.54, 1.807) is 7.11 Å². The number of aryl methyl sites for hydroxylation is 1. The zero-order valence-corrected chi connectivity index (χ0v) is 17.6. The lowest BCUT2D eigenvalue weighted by molar-refractivity contribution is 0.145. The van der Waals surface area contributed by atoms with Crippen LogP contribution in [0.3, 0.4) is 0 Å². The summed E-state index contributed by atoms with van der Waals surface area (Å²) in [7, 11) is 5.66. The number of benzene rings is 1. The summed E-state index contributed by atoms with van der Waals surface area (Å²) in [6.07, 6.45) is 0.915. The number of hydrogen-bond acceptors (Lipinski definition) is 5. The van der Waals surface area contributed by atoms with E-state index in [4.69, 9.17) is 14.5 Å². The fourth-order valence-corrected chi connectivity index (χ4v) is 2.73. The maximum Gasteiger partial charge on any atom is 0.194 e. The summed E-state index contributed by atoms with van der Waals surface area (Å²) in [5.74, 6) is 3.38. The molecule has 0 amide bonds. The van der Waals surface area contributed by atoms with Crippen molar-refractivity contribution in [3.05, 3.63) is 41.5 Å². The van der Waals surface area contributed by atoms with E-state index in [1.807, 2.05) is 50.7 Å². The zero-order valence-electron chi connectivity index (χ0n) is 17.6. The third kappa shape index (κ3) is 6.23. The van der Waals surface area contributed by atoms with Gasteiger partial charge in [-0.05, 0) is 26.3 Å². The number of nitrogens with one attached hydrogen (secondary N) is 1. The van der Waals surface area contributed by atoms with Gasteiger partial charge in [0.15, 0.2) is 11.8 Å². The molecule has 28 heavy (non-hydrogen) atoms. The number of nitrogens with zero attached hydrogens (tertiary/aromatic N) is 5. The van der Waals surface area contributed by atoms with Crippen LogP contribution in [-0.2, 0) is 24.9 Å². The summed E-state index contributed by atoms with van der Waals surface area (Å²) >= 11 is 0. The van der Waals surface area contributed by atoms with Crippen molar-refractivity contribution in [2.75, 3.05) is 33.9 Å². The molecule has 0 unspecified atom stereocenters. The largest absolute Gasteiger partial charge is 0.496 e. The number of para-hydroxylation sites is 1. The van der Waals surface area contributed by atoms with Crippen molar-refractivity contribution in [2.45, 2.75) is 33.4 Å². The Bertz CT molecular complexity index is 759. The average Bonchev–Trinajstić information content (AvgIpc) is 3.02. The van der Waals surface area contributed by atoms with Crippen LogP contribution in [0.2, 0.25) is 0 Å². The number of hydrogen-bond donors (Lipinski definition) is 1. The molecule has 0 aliphatic heterocycles. The SMILES string of the molecule is CCOCCCNC(=NCc1nnc(C)n1C)N(C)Cc1ccccc1OC. The molecule has 8 heteroatoms. The van der Waals surface area contributed by atoms with Gasteiger partial charge in [-0.15, -0.1) is 10.2 Å². The normalized spacial score (nSPS) is 11.5. The van der Waals surface area contributed by atoms with Crippen LogP contribution in [-0.4, -0.2) is 59.5 Å². The molecule has 1 N–H and O–H groups in total. The van der Waals surface area contributed by atoms with Crippen molar-refractivity contribution in [3.63, 3.8) is 0 Å². The lowest BCUT2D eigenvalue weighted by Gasteiger charge is -2.23. The molecule has 1 heterocycles. The topological polar surface area (TPSA) is 76.8 Å². The van der Waals surface area contributed by atoms with Crippen LogP contribution in [0.1, 0.15) is 30.6 Å². The first-order valence-corrected chi connectivity index (χ1v) is 9.60. The average molecular weight is 389 g/mol. The minimum atomic E-state index is 0.460. The van der Waals surface area contributed by atoms with Gasteiger partial charge in [0.05, 0.1) is 7.11 Å². The fourth-order valence-electron chi connectivity index (χ4n) is 2.73. The first-order chi connectivity index (χ1) is 13.6. The predicted octanol–water partition coefficient (Wildman–Crippen LogP) is 2.14. The Morgan fingerprint density at radius 3 is 2.75 bits per heavy atom. The second-order valence-corrected chi connectivity index (χ2v) is 6.51. The lowest BCUT2D eigenvalue weighted by atomic mass is 10.2. The maximum atomic E-state index is 5.47. The molecule has 0 aliphatic carbocycles. The Labute approximate surface area is 167 Å². The molecular weight excluding hydrogens is 356 g/mol. The summed E-state index contributed by atoms with van der Waals surface area (Å²) in [5.41, 5.74) is 1.10. The molecular formula is C20H32N6O2. The second-order valence-electron chi connectivity index (χ2n) is 6.51. The van der Waals surface area contributed by atoms with Crippen LogP contribution in [0, 0.1) is 6.92 Å². The highest BCUT2D eigenvalue weighted by molar-refractivity contribution is 5.79. The highest BCUT2D eigenvalue weighted by Crippen LogP contribution is 2.18. The van der Waals surface area contributed by atoms with E-state index in [2.05, 4.69) is 26.5 Å². The smallest absolute Gasteiger partial charge is 0.194 e. The molecule has 0 atom stereocenters. The highest BCUT2D eigenvalue weighted by Gasteiger charge is 2.11. The first kappa shape index (κ1) is 21.7. The van der Waals surface area contributed by atoms with E-state index >= 15 is 0 Å². The number of rotatable bonds is 10. The third-order valence-electron chi connectivity index (χ3n) is 4.47. The summed E-state index contributed by atoms with van der Waals surface area (Å²) in [5, 5.41) is 11.7. The minimum absolute atomic E-state index is 0.460. The van der Waals surface area contributed by atoms with E-state index in [1.165, 1.54) is 0 Å². The van der Waals surface area contributed by atoms with Gasteiger partial charge < -0.3 is 24.3 Å². The van der Waals surface area contributed by atoms with Crippen molar-refractivity contribution in [1.29, 1.82) is 0 Å². The van der Waals surface area contributed by atoms with Crippen LogP contribution in [0.4, 0.5) is 0 Å². The summed E-state index contributed by atoms with van der Waals surface area (Å²) in [6, 6.07) is 8.02. The zero-order chi connectivity index (χ0) is 20.4. The molecule has 0 saturated heterocycles. The predicted molar refractivity (Wildman–Crippen MR) is 110 cm³/mol. The van der Waals surface area contributed by atoms with Crippen LogP contribution in [0.15, 0.2) is 29.3 Å². The van der Waals surface area contributed by atoms with E-state index in [-0.39, 0.29) is 0 Å². The van der Waals surface area contributed by atoms with Gasteiger partial charge in [-0.25, -0.2) is 4.99 Å². The van der Waals surface area contributed by atoms with Gasteiger partial charge >= 0.3 is 0 Å². The number of ether oxygens (including phenoxy) is 2. The van der Waals surface area contributed by atoms with Crippen molar-refractivity contribution in [2.24, 2.45) is 12.0 Å². The monoisotopic (exact) mass is 388 g/mol. The molecule has 2 rings (SSSR count). The molecule has 0 spiro atoms. The Kier molecular flexibility index (Phi) is 8.74. The molecule has 2 aromatic rings. The highest BCUT2D eigenvalue weighted by atomic mass is 16.5. The van der Waals surface area contributed by atoms with E-state index < -0.39 is 0 Å². The maximum absolute atomic E-state index is 5.47. The standard InChI is InChI=1S/C20H32N6O2/c1-6-28-13-9-12-21-20(22-14-19-24-23-16(2)26(19)4)25(3)15-17-10-7-8-11-18(17)27-5/h7-8,10-11H,6,9,12-15H2,1-5H3,(H,21,22). The molecule has 154 valence electrons. The molecule has 0 fully saturated rings. The summed E-state index contributed by atoms with van der Waals surface area (Å²) in [6.45, 7) is 7.33. The Hall–Kier alpha value is -2.61. The van der Waals surface area contributed by atoms with E-state index in [9.17, 15) is 0 Å². The van der Waals surface area contributed by atoms with Gasteiger partial charge in [0.1, 0.15) is 18.1 Å². The summed E-state index contributed by atoms with van der Waals surface area (Å²) < 4.78 is 12.8. The molecule has 0 radical (unpaired) electrons. The fraction of sp³-hybridized carbons (Fsp3) is 0.550. The molecule has 0 bridgehead atoms.